The van der Waals surface area contributed by atoms with E-state index in [0.717, 1.165) is 28.1 Å². The van der Waals surface area contributed by atoms with E-state index in [1.54, 1.807) is 0 Å². The number of aryl methyl sites for hydroxylation is 4. The molecule has 3 heteroatoms. The van der Waals surface area contributed by atoms with E-state index in [1.165, 1.54) is 95.1 Å². The molecule has 0 amide bonds. The van der Waals surface area contributed by atoms with Crippen molar-refractivity contribution < 1.29 is 0 Å². The summed E-state index contributed by atoms with van der Waals surface area (Å²) >= 11 is 0. The quantitative estimate of drug-likeness (QED) is 0.176. The van der Waals surface area contributed by atoms with Crippen LogP contribution in [0.25, 0.3) is 22.3 Å². The topological polar surface area (TPSA) is 19.4 Å². The molecule has 0 fully saturated rings. The molecular weight excluding hydrogens is 823 g/mol. The number of para-hydroxylation sites is 1. The Kier molecular flexibility index (Phi) is 8.91. The van der Waals surface area contributed by atoms with Crippen molar-refractivity contribution in [1.82, 2.24) is 4.98 Å². The number of nitrogens with zero attached hydrogens (tertiary/aromatic N) is 3. The summed E-state index contributed by atoms with van der Waals surface area (Å²) in [6.07, 6.45) is 3.78. The molecule has 3 heterocycles. The summed E-state index contributed by atoms with van der Waals surface area (Å²) in [5.41, 5.74) is 25.6. The first-order valence-electron chi connectivity index (χ1n) is 23.8. The second kappa shape index (κ2) is 15.1. The summed E-state index contributed by atoms with van der Waals surface area (Å²) < 4.78 is 0. The van der Waals surface area contributed by atoms with Gasteiger partial charge in [-0.3, -0.25) is 4.98 Å². The van der Waals surface area contributed by atoms with E-state index >= 15 is 0 Å². The first kappa shape index (κ1) is 40.0. The zero-order chi connectivity index (χ0) is 45.7. The molecule has 2 spiro atoms. The van der Waals surface area contributed by atoms with Crippen LogP contribution in [0.15, 0.2) is 225 Å². The maximum atomic E-state index is 4.39. The van der Waals surface area contributed by atoms with Crippen molar-refractivity contribution in [3.8, 4) is 22.3 Å². The summed E-state index contributed by atoms with van der Waals surface area (Å²) in [5.74, 6) is 0. The fourth-order valence-electron chi connectivity index (χ4n) is 12.2. The van der Waals surface area contributed by atoms with Crippen LogP contribution in [-0.2, 0) is 10.8 Å². The summed E-state index contributed by atoms with van der Waals surface area (Å²) in [4.78, 5) is 9.42. The van der Waals surface area contributed by atoms with Gasteiger partial charge in [0.2, 0.25) is 0 Å². The van der Waals surface area contributed by atoms with E-state index in [4.69, 9.17) is 0 Å². The highest BCUT2D eigenvalue weighted by Gasteiger charge is 2.59. The summed E-state index contributed by atoms with van der Waals surface area (Å²) in [7, 11) is 0. The monoisotopic (exact) mass is 871 g/mol. The van der Waals surface area contributed by atoms with Crippen LogP contribution in [-0.4, -0.2) is 4.98 Å². The third kappa shape index (κ3) is 5.63. The number of benzene rings is 9. The molecule has 13 rings (SSSR count). The number of hydrogen-bond acceptors (Lipinski definition) is 3. The first-order valence-corrected chi connectivity index (χ1v) is 23.8. The Morgan fingerprint density at radius 3 is 1.01 bits per heavy atom. The van der Waals surface area contributed by atoms with Gasteiger partial charge in [-0.15, -0.1) is 0 Å². The minimum absolute atomic E-state index is 0.652. The van der Waals surface area contributed by atoms with Gasteiger partial charge in [-0.2, -0.15) is 0 Å². The number of anilines is 6. The number of hydrogen-bond donors (Lipinski definition) is 0. The average molecular weight is 872 g/mol. The van der Waals surface area contributed by atoms with Crippen LogP contribution in [0.4, 0.5) is 34.1 Å². The highest BCUT2D eigenvalue weighted by atomic mass is 15.2. The van der Waals surface area contributed by atoms with Gasteiger partial charge in [0.25, 0.3) is 0 Å². The molecule has 10 aromatic rings. The van der Waals surface area contributed by atoms with Gasteiger partial charge in [0, 0.05) is 23.8 Å². The van der Waals surface area contributed by atoms with Gasteiger partial charge < -0.3 is 9.80 Å². The third-order valence-corrected chi connectivity index (χ3v) is 15.0. The van der Waals surface area contributed by atoms with Gasteiger partial charge in [-0.05, 0) is 161 Å². The molecule has 0 saturated carbocycles. The van der Waals surface area contributed by atoms with Crippen molar-refractivity contribution in [2.75, 3.05) is 9.80 Å². The number of fused-ring (bicyclic) bond motifs is 14. The van der Waals surface area contributed by atoms with Crippen LogP contribution >= 0.6 is 0 Å². The van der Waals surface area contributed by atoms with Crippen LogP contribution in [0, 0.1) is 27.7 Å². The van der Waals surface area contributed by atoms with E-state index in [1.807, 2.05) is 12.4 Å². The van der Waals surface area contributed by atoms with Crippen molar-refractivity contribution in [2.45, 2.75) is 38.5 Å². The van der Waals surface area contributed by atoms with Crippen molar-refractivity contribution in [2.24, 2.45) is 0 Å². The van der Waals surface area contributed by atoms with Crippen molar-refractivity contribution in [3.05, 3.63) is 291 Å². The smallest absolute Gasteiger partial charge is 0.0748 e. The Morgan fingerprint density at radius 2 is 0.618 bits per heavy atom. The largest absolute Gasteiger partial charge is 0.310 e. The standard InChI is InChI=1S/C65H49N3/c1-42-23-27-60-56(35-42)64(57-36-43(2)24-28-61(57)67(60)50-17-9-6-10-18-50)52-19-11-13-21-54(52)65(55-22-14-12-20-53(55)64)58-37-44(3)25-29-62(58)68(63-30-26-45(4)38-59(63)65)51-40-48(46-15-7-5-8-16-46)39-49(41-51)47-31-33-66-34-32-47/h5-41H,1-4H3. The number of pyridine rings is 1. The zero-order valence-electron chi connectivity index (χ0n) is 38.7. The molecule has 0 atom stereocenters. The molecule has 2 aliphatic heterocycles. The lowest BCUT2D eigenvalue weighted by Gasteiger charge is -2.56. The van der Waals surface area contributed by atoms with Gasteiger partial charge in [-0.1, -0.05) is 168 Å². The molecule has 0 unspecified atom stereocenters. The van der Waals surface area contributed by atoms with Gasteiger partial charge in [0.15, 0.2) is 0 Å². The van der Waals surface area contributed by atoms with Gasteiger partial charge in [0.05, 0.1) is 33.6 Å². The molecule has 0 N–H and O–H groups in total. The first-order chi connectivity index (χ1) is 33.3. The summed E-state index contributed by atoms with van der Waals surface area (Å²) in [6.45, 7) is 8.99. The third-order valence-electron chi connectivity index (χ3n) is 15.0. The predicted molar refractivity (Wildman–Crippen MR) is 281 cm³/mol. The van der Waals surface area contributed by atoms with Crippen LogP contribution in [0.1, 0.15) is 66.8 Å². The number of aromatic nitrogens is 1. The van der Waals surface area contributed by atoms with Crippen molar-refractivity contribution in [3.63, 3.8) is 0 Å². The summed E-state index contributed by atoms with van der Waals surface area (Å²) in [5, 5.41) is 0. The lowest BCUT2D eigenvalue weighted by molar-refractivity contribution is 0.606. The fraction of sp³-hybridized carbons (Fsp3) is 0.0923. The van der Waals surface area contributed by atoms with E-state index in [-0.39, 0.29) is 0 Å². The maximum Gasteiger partial charge on any atom is 0.0748 e. The molecule has 1 aliphatic carbocycles. The Labute approximate surface area is 399 Å². The summed E-state index contributed by atoms with van der Waals surface area (Å²) in [6, 6.07) is 80.4. The van der Waals surface area contributed by atoms with Gasteiger partial charge in [-0.25, -0.2) is 0 Å². The Balaban J connectivity index is 1.15. The molecule has 0 saturated heterocycles. The lowest BCUT2D eigenvalue weighted by atomic mass is 9.48. The van der Waals surface area contributed by atoms with Crippen LogP contribution in [0.5, 0.6) is 0 Å². The molecule has 9 aromatic carbocycles. The fourth-order valence-corrected chi connectivity index (χ4v) is 12.2. The lowest BCUT2D eigenvalue weighted by Crippen LogP contribution is -2.49. The number of rotatable bonds is 4. The maximum absolute atomic E-state index is 4.39. The van der Waals surface area contributed by atoms with E-state index < -0.39 is 10.8 Å². The average Bonchev–Trinajstić information content (AvgIpc) is 3.38. The molecule has 1 aromatic heterocycles. The van der Waals surface area contributed by atoms with Crippen molar-refractivity contribution in [1.29, 1.82) is 0 Å². The predicted octanol–water partition coefficient (Wildman–Crippen LogP) is 16.3. The molecule has 3 nitrogen and oxygen atoms in total. The minimum atomic E-state index is -0.687. The molecule has 0 radical (unpaired) electrons. The van der Waals surface area contributed by atoms with Crippen LogP contribution in [0.2, 0.25) is 0 Å². The van der Waals surface area contributed by atoms with Crippen molar-refractivity contribution >= 4 is 34.1 Å². The van der Waals surface area contributed by atoms with Gasteiger partial charge in [0.1, 0.15) is 0 Å². The second-order valence-corrected chi connectivity index (χ2v) is 19.1. The van der Waals surface area contributed by atoms with Gasteiger partial charge >= 0.3 is 0 Å². The molecule has 324 valence electrons. The normalized spacial score (nSPS) is 14.4. The van der Waals surface area contributed by atoms with E-state index in [9.17, 15) is 0 Å². The van der Waals surface area contributed by atoms with E-state index in [2.05, 4.69) is 255 Å². The zero-order valence-corrected chi connectivity index (χ0v) is 38.7. The molecule has 0 bridgehead atoms. The SMILES string of the molecule is Cc1ccc2c(c1)C1(c3cc(C)ccc3N2c2ccccc2)c2ccccc2C2(c3cc(C)ccc3N(c3cc(-c4ccccc4)cc(-c4ccncc4)c3)c3ccc(C)cc32)c2ccccc21. The Bertz CT molecular complexity index is 3410. The molecular formula is C65H49N3. The highest BCUT2D eigenvalue weighted by Crippen LogP contribution is 2.68. The van der Waals surface area contributed by atoms with E-state index in [0.29, 0.717) is 0 Å². The molecule has 68 heavy (non-hydrogen) atoms. The highest BCUT2D eigenvalue weighted by molar-refractivity contribution is 5.97. The second-order valence-electron chi connectivity index (χ2n) is 19.1. The van der Waals surface area contributed by atoms with Crippen LogP contribution in [0.3, 0.4) is 0 Å². The van der Waals surface area contributed by atoms with Crippen LogP contribution < -0.4 is 9.80 Å². The Hall–Kier alpha value is -8.27. The molecule has 3 aliphatic rings. The minimum Gasteiger partial charge on any atom is -0.310 e. The Morgan fingerprint density at radius 1 is 0.279 bits per heavy atom.